The van der Waals surface area contributed by atoms with Gasteiger partial charge in [-0.25, -0.2) is 4.39 Å². The molecule has 0 fully saturated rings. The van der Waals surface area contributed by atoms with Gasteiger partial charge in [0.05, 0.1) is 24.4 Å². The Hall–Kier alpha value is -2.30. The minimum atomic E-state index is -0.306. The van der Waals surface area contributed by atoms with E-state index in [1.165, 1.54) is 12.1 Å². The molecule has 19 heavy (non-hydrogen) atoms. The molecule has 2 aromatic rings. The predicted molar refractivity (Wildman–Crippen MR) is 68.7 cm³/mol. The lowest BCUT2D eigenvalue weighted by Crippen LogP contribution is -2.25. The lowest BCUT2D eigenvalue weighted by molar-refractivity contribution is -0.120. The highest BCUT2D eigenvalue weighted by Gasteiger charge is 2.04. The van der Waals surface area contributed by atoms with Crippen LogP contribution in [0.1, 0.15) is 17.0 Å². The Morgan fingerprint density at radius 2 is 1.89 bits per heavy atom. The standard InChI is InChI=1S/C14H14FN3O/c1-10-2-7-13(18-17-10)9-16-14(19)8-11-3-5-12(15)6-4-11/h2-7H,8-9H2,1H3,(H,16,19). The number of aryl methyl sites for hydroxylation is 1. The molecule has 0 aliphatic carbocycles. The second kappa shape index (κ2) is 6.04. The molecule has 0 saturated heterocycles. The summed E-state index contributed by atoms with van der Waals surface area (Å²) in [5.74, 6) is -0.437. The maximum Gasteiger partial charge on any atom is 0.224 e. The van der Waals surface area contributed by atoms with Gasteiger partial charge in [-0.15, -0.1) is 0 Å². The number of benzene rings is 1. The van der Waals surface area contributed by atoms with Gasteiger partial charge in [-0.05, 0) is 36.8 Å². The van der Waals surface area contributed by atoms with Crippen LogP contribution in [-0.4, -0.2) is 16.1 Å². The Kier molecular flexibility index (Phi) is 4.18. The number of nitrogens with one attached hydrogen (secondary N) is 1. The normalized spacial score (nSPS) is 10.2. The zero-order valence-corrected chi connectivity index (χ0v) is 10.6. The van der Waals surface area contributed by atoms with Crippen molar-refractivity contribution in [1.82, 2.24) is 15.5 Å². The second-order valence-electron chi connectivity index (χ2n) is 4.25. The van der Waals surface area contributed by atoms with Crippen molar-refractivity contribution in [2.75, 3.05) is 0 Å². The van der Waals surface area contributed by atoms with E-state index in [0.29, 0.717) is 12.2 Å². The third-order valence-electron chi connectivity index (χ3n) is 2.60. The van der Waals surface area contributed by atoms with E-state index in [1.54, 1.807) is 12.1 Å². The van der Waals surface area contributed by atoms with Crippen LogP contribution in [0.5, 0.6) is 0 Å². The molecule has 1 heterocycles. The molecule has 1 aromatic heterocycles. The number of amides is 1. The van der Waals surface area contributed by atoms with E-state index in [-0.39, 0.29) is 18.1 Å². The van der Waals surface area contributed by atoms with Crippen molar-refractivity contribution in [3.8, 4) is 0 Å². The van der Waals surface area contributed by atoms with Crippen LogP contribution < -0.4 is 5.32 Å². The van der Waals surface area contributed by atoms with Crippen LogP contribution in [0.25, 0.3) is 0 Å². The number of rotatable bonds is 4. The van der Waals surface area contributed by atoms with E-state index in [2.05, 4.69) is 15.5 Å². The van der Waals surface area contributed by atoms with E-state index in [9.17, 15) is 9.18 Å². The van der Waals surface area contributed by atoms with Gasteiger partial charge in [-0.2, -0.15) is 10.2 Å². The van der Waals surface area contributed by atoms with E-state index in [0.717, 1.165) is 11.3 Å². The van der Waals surface area contributed by atoms with Crippen LogP contribution in [0.3, 0.4) is 0 Å². The molecule has 0 radical (unpaired) electrons. The smallest absolute Gasteiger partial charge is 0.224 e. The van der Waals surface area contributed by atoms with Gasteiger partial charge >= 0.3 is 0 Å². The van der Waals surface area contributed by atoms with Crippen molar-refractivity contribution in [2.24, 2.45) is 0 Å². The van der Waals surface area contributed by atoms with E-state index in [4.69, 9.17) is 0 Å². The third kappa shape index (κ3) is 4.13. The zero-order chi connectivity index (χ0) is 13.7. The van der Waals surface area contributed by atoms with Gasteiger partial charge in [0.2, 0.25) is 5.91 Å². The largest absolute Gasteiger partial charge is 0.350 e. The van der Waals surface area contributed by atoms with Gasteiger partial charge in [0.15, 0.2) is 0 Å². The fourth-order valence-electron chi connectivity index (χ4n) is 1.56. The number of hydrogen-bond donors (Lipinski definition) is 1. The summed E-state index contributed by atoms with van der Waals surface area (Å²) in [5, 5.41) is 10.6. The molecule has 1 amide bonds. The quantitative estimate of drug-likeness (QED) is 0.910. The van der Waals surface area contributed by atoms with Gasteiger partial charge in [0.1, 0.15) is 5.82 Å². The summed E-state index contributed by atoms with van der Waals surface area (Å²) in [4.78, 5) is 11.7. The average molecular weight is 259 g/mol. The molecule has 1 aromatic carbocycles. The summed E-state index contributed by atoms with van der Waals surface area (Å²) >= 11 is 0. The molecule has 0 aliphatic rings. The van der Waals surface area contributed by atoms with Gasteiger partial charge in [-0.3, -0.25) is 4.79 Å². The molecule has 5 heteroatoms. The van der Waals surface area contributed by atoms with Gasteiger partial charge < -0.3 is 5.32 Å². The van der Waals surface area contributed by atoms with E-state index in [1.807, 2.05) is 19.1 Å². The van der Waals surface area contributed by atoms with Crippen LogP contribution in [0, 0.1) is 12.7 Å². The maximum atomic E-state index is 12.7. The molecule has 0 aliphatic heterocycles. The number of carbonyl (C=O) groups excluding carboxylic acids is 1. The molecular formula is C14H14FN3O. The number of hydrogen-bond acceptors (Lipinski definition) is 3. The zero-order valence-electron chi connectivity index (χ0n) is 10.6. The van der Waals surface area contributed by atoms with Gasteiger partial charge in [-0.1, -0.05) is 12.1 Å². The van der Waals surface area contributed by atoms with Gasteiger partial charge in [0.25, 0.3) is 0 Å². The lowest BCUT2D eigenvalue weighted by Gasteiger charge is -2.04. The number of halogens is 1. The van der Waals surface area contributed by atoms with E-state index < -0.39 is 0 Å². The van der Waals surface area contributed by atoms with Crippen molar-refractivity contribution >= 4 is 5.91 Å². The second-order valence-corrected chi connectivity index (χ2v) is 4.25. The van der Waals surface area contributed by atoms with Crippen LogP contribution >= 0.6 is 0 Å². The van der Waals surface area contributed by atoms with Crippen molar-refractivity contribution in [2.45, 2.75) is 19.9 Å². The summed E-state index contributed by atoms with van der Waals surface area (Å²) in [6.07, 6.45) is 0.222. The van der Waals surface area contributed by atoms with Crippen molar-refractivity contribution in [3.63, 3.8) is 0 Å². The van der Waals surface area contributed by atoms with Crippen molar-refractivity contribution in [3.05, 3.63) is 59.2 Å². The molecule has 0 saturated carbocycles. The first-order valence-corrected chi connectivity index (χ1v) is 5.94. The van der Waals surface area contributed by atoms with E-state index >= 15 is 0 Å². The highest BCUT2D eigenvalue weighted by molar-refractivity contribution is 5.78. The molecule has 1 N–H and O–H groups in total. The number of aromatic nitrogens is 2. The molecule has 4 nitrogen and oxygen atoms in total. The molecule has 2 rings (SSSR count). The lowest BCUT2D eigenvalue weighted by atomic mass is 10.1. The Balaban J connectivity index is 1.84. The van der Waals surface area contributed by atoms with Crippen molar-refractivity contribution in [1.29, 1.82) is 0 Å². The molecule has 0 spiro atoms. The van der Waals surface area contributed by atoms with Crippen LogP contribution in [0.15, 0.2) is 36.4 Å². The Bertz CT molecular complexity index is 552. The first-order valence-electron chi connectivity index (χ1n) is 5.94. The topological polar surface area (TPSA) is 54.9 Å². The Labute approximate surface area is 110 Å². The summed E-state index contributed by atoms with van der Waals surface area (Å²) < 4.78 is 12.7. The first-order chi connectivity index (χ1) is 9.13. The highest BCUT2D eigenvalue weighted by atomic mass is 19.1. The molecular weight excluding hydrogens is 245 g/mol. The summed E-state index contributed by atoms with van der Waals surface area (Å²) in [7, 11) is 0. The molecule has 0 atom stereocenters. The Morgan fingerprint density at radius 3 is 2.53 bits per heavy atom. The third-order valence-corrected chi connectivity index (χ3v) is 2.60. The number of nitrogens with zero attached hydrogens (tertiary/aromatic N) is 2. The molecule has 0 bridgehead atoms. The van der Waals surface area contributed by atoms with Crippen LogP contribution in [0.4, 0.5) is 4.39 Å². The summed E-state index contributed by atoms with van der Waals surface area (Å²) in [5.41, 5.74) is 2.31. The minimum Gasteiger partial charge on any atom is -0.350 e. The monoisotopic (exact) mass is 259 g/mol. The highest BCUT2D eigenvalue weighted by Crippen LogP contribution is 2.03. The summed E-state index contributed by atoms with van der Waals surface area (Å²) in [6.45, 7) is 2.19. The average Bonchev–Trinajstić information content (AvgIpc) is 2.41. The SMILES string of the molecule is Cc1ccc(CNC(=O)Cc2ccc(F)cc2)nn1. The fraction of sp³-hybridized carbons (Fsp3) is 0.214. The fourth-order valence-corrected chi connectivity index (χ4v) is 1.56. The van der Waals surface area contributed by atoms with Gasteiger partial charge in [0, 0.05) is 0 Å². The van der Waals surface area contributed by atoms with Crippen LogP contribution in [0.2, 0.25) is 0 Å². The van der Waals surface area contributed by atoms with Crippen molar-refractivity contribution < 1.29 is 9.18 Å². The Morgan fingerprint density at radius 1 is 1.16 bits per heavy atom. The maximum absolute atomic E-state index is 12.7. The molecule has 98 valence electrons. The number of carbonyl (C=O) groups is 1. The predicted octanol–water partition coefficient (Wildman–Crippen LogP) is 1.78. The minimum absolute atomic E-state index is 0.131. The first kappa shape index (κ1) is 13.1. The molecule has 0 unspecified atom stereocenters. The summed E-state index contributed by atoms with van der Waals surface area (Å²) in [6, 6.07) is 9.54. The van der Waals surface area contributed by atoms with Crippen LogP contribution in [-0.2, 0) is 17.8 Å².